The topological polar surface area (TPSA) is 28.2 Å². The van der Waals surface area contributed by atoms with Crippen molar-refractivity contribution < 1.29 is 0 Å². The van der Waals surface area contributed by atoms with Gasteiger partial charge in [0, 0.05) is 13.1 Å². The normalized spacial score (nSPS) is 29.8. The molecule has 0 unspecified atom stereocenters. The fraction of sp³-hybridized carbons (Fsp3) is 0.533. The van der Waals surface area contributed by atoms with Gasteiger partial charge < -0.3 is 10.2 Å². The molecule has 0 spiro atoms. The number of nitrogens with zero attached hydrogens (tertiary/aromatic N) is 2. The number of fused-ring (bicyclic) bond motifs is 4. The van der Waals surface area contributed by atoms with Gasteiger partial charge in [-0.05, 0) is 49.9 Å². The van der Waals surface area contributed by atoms with Crippen LogP contribution in [0.1, 0.15) is 12.8 Å². The molecular formula is C15H19N3S. The molecule has 0 amide bonds. The summed E-state index contributed by atoms with van der Waals surface area (Å²) in [6.07, 6.45) is 2.80. The summed E-state index contributed by atoms with van der Waals surface area (Å²) in [5.41, 5.74) is 4.31. The van der Waals surface area contributed by atoms with Gasteiger partial charge in [0.1, 0.15) is 0 Å². The largest absolute Gasteiger partial charge is 0.384 e. The van der Waals surface area contributed by atoms with E-state index < -0.39 is 0 Å². The van der Waals surface area contributed by atoms with Gasteiger partial charge in [0.2, 0.25) is 0 Å². The SMILES string of the molecule is c1cc(NC[C@@H]2CN3CCC2CC3)c2scnc2c1. The van der Waals surface area contributed by atoms with Gasteiger partial charge in [-0.1, -0.05) is 6.07 Å². The highest BCUT2D eigenvalue weighted by Crippen LogP contribution is 2.33. The van der Waals surface area contributed by atoms with E-state index in [0.29, 0.717) is 0 Å². The van der Waals surface area contributed by atoms with E-state index in [4.69, 9.17) is 0 Å². The van der Waals surface area contributed by atoms with Crippen molar-refractivity contribution in [3.05, 3.63) is 23.7 Å². The van der Waals surface area contributed by atoms with Crippen LogP contribution in [0.4, 0.5) is 5.69 Å². The van der Waals surface area contributed by atoms with Gasteiger partial charge in [0.05, 0.1) is 21.4 Å². The predicted molar refractivity (Wildman–Crippen MR) is 80.8 cm³/mol. The molecule has 1 N–H and O–H groups in total. The third kappa shape index (κ3) is 2.13. The molecule has 100 valence electrons. The van der Waals surface area contributed by atoms with Crippen LogP contribution < -0.4 is 5.32 Å². The molecule has 5 rings (SSSR count). The second-order valence-electron chi connectivity index (χ2n) is 5.79. The van der Waals surface area contributed by atoms with Crippen molar-refractivity contribution in [3.8, 4) is 0 Å². The number of benzene rings is 1. The number of hydrogen-bond acceptors (Lipinski definition) is 4. The van der Waals surface area contributed by atoms with E-state index in [2.05, 4.69) is 33.4 Å². The summed E-state index contributed by atoms with van der Waals surface area (Å²) in [4.78, 5) is 7.01. The molecule has 4 heterocycles. The number of aromatic nitrogens is 1. The van der Waals surface area contributed by atoms with Crippen molar-refractivity contribution in [2.75, 3.05) is 31.5 Å². The molecule has 3 nitrogen and oxygen atoms in total. The second kappa shape index (κ2) is 4.76. The number of anilines is 1. The van der Waals surface area contributed by atoms with Gasteiger partial charge in [-0.25, -0.2) is 4.98 Å². The summed E-state index contributed by atoms with van der Waals surface area (Å²) < 4.78 is 1.30. The molecule has 1 aromatic carbocycles. The standard InChI is InChI=1S/C15H19N3S/c1-2-13(15-14(3-1)17-10-19-15)16-8-12-9-18-6-4-11(12)5-7-18/h1-3,10-12,16H,4-9H2/t12-/m1/s1. The van der Waals surface area contributed by atoms with E-state index in [0.717, 1.165) is 23.9 Å². The van der Waals surface area contributed by atoms with Gasteiger partial charge >= 0.3 is 0 Å². The lowest BCUT2D eigenvalue weighted by Crippen LogP contribution is -2.49. The Hall–Kier alpha value is -1.13. The molecule has 3 fully saturated rings. The quantitative estimate of drug-likeness (QED) is 0.931. The first-order valence-corrected chi connectivity index (χ1v) is 8.06. The van der Waals surface area contributed by atoms with Crippen LogP contribution in [0.25, 0.3) is 10.2 Å². The molecule has 4 heteroatoms. The zero-order chi connectivity index (χ0) is 12.7. The van der Waals surface area contributed by atoms with E-state index in [1.807, 2.05) is 5.51 Å². The summed E-state index contributed by atoms with van der Waals surface area (Å²) in [6.45, 7) is 5.05. The highest BCUT2D eigenvalue weighted by molar-refractivity contribution is 7.17. The Morgan fingerprint density at radius 3 is 3.00 bits per heavy atom. The summed E-state index contributed by atoms with van der Waals surface area (Å²) in [6, 6.07) is 6.37. The number of rotatable bonds is 3. The van der Waals surface area contributed by atoms with E-state index in [1.165, 1.54) is 42.9 Å². The zero-order valence-corrected chi connectivity index (χ0v) is 11.8. The lowest BCUT2D eigenvalue weighted by Gasteiger charge is -2.45. The van der Waals surface area contributed by atoms with Gasteiger partial charge in [-0.15, -0.1) is 11.3 Å². The summed E-state index contributed by atoms with van der Waals surface area (Å²) in [5, 5.41) is 3.67. The van der Waals surface area contributed by atoms with Crippen LogP contribution in [0.5, 0.6) is 0 Å². The van der Waals surface area contributed by atoms with Crippen LogP contribution in [0.15, 0.2) is 23.7 Å². The van der Waals surface area contributed by atoms with Gasteiger partial charge in [-0.2, -0.15) is 0 Å². The summed E-state index contributed by atoms with van der Waals surface area (Å²) in [5.74, 6) is 1.77. The minimum Gasteiger partial charge on any atom is -0.384 e. The molecule has 0 radical (unpaired) electrons. The van der Waals surface area contributed by atoms with Crippen LogP contribution in [0.3, 0.4) is 0 Å². The smallest absolute Gasteiger partial charge is 0.0833 e. The molecular weight excluding hydrogens is 254 g/mol. The maximum atomic E-state index is 4.38. The van der Waals surface area contributed by atoms with E-state index in [-0.39, 0.29) is 0 Å². The van der Waals surface area contributed by atoms with Crippen LogP contribution >= 0.6 is 11.3 Å². The van der Waals surface area contributed by atoms with Crippen molar-refractivity contribution in [2.24, 2.45) is 11.8 Å². The van der Waals surface area contributed by atoms with Crippen molar-refractivity contribution in [3.63, 3.8) is 0 Å². The van der Waals surface area contributed by atoms with E-state index in [9.17, 15) is 0 Å². The monoisotopic (exact) mass is 273 g/mol. The Balaban J connectivity index is 1.49. The first kappa shape index (κ1) is 11.7. The molecule has 1 atom stereocenters. The Morgan fingerprint density at radius 2 is 2.21 bits per heavy atom. The minimum atomic E-state index is 0.825. The number of thiazole rings is 1. The summed E-state index contributed by atoms with van der Waals surface area (Å²) in [7, 11) is 0. The number of nitrogens with one attached hydrogen (secondary N) is 1. The maximum Gasteiger partial charge on any atom is 0.0833 e. The van der Waals surface area contributed by atoms with Crippen molar-refractivity contribution in [1.82, 2.24) is 9.88 Å². The van der Waals surface area contributed by atoms with E-state index >= 15 is 0 Å². The van der Waals surface area contributed by atoms with Crippen LogP contribution in [-0.4, -0.2) is 36.1 Å². The average Bonchev–Trinajstić information content (AvgIpc) is 2.95. The zero-order valence-electron chi connectivity index (χ0n) is 11.0. The van der Waals surface area contributed by atoms with Gasteiger partial charge in [0.25, 0.3) is 0 Å². The van der Waals surface area contributed by atoms with Gasteiger partial charge in [0.15, 0.2) is 0 Å². The minimum absolute atomic E-state index is 0.825. The Bertz CT molecular complexity index is 572. The molecule has 19 heavy (non-hydrogen) atoms. The molecule has 1 aromatic heterocycles. The molecule has 2 aromatic rings. The third-order valence-electron chi connectivity index (χ3n) is 4.70. The summed E-state index contributed by atoms with van der Waals surface area (Å²) >= 11 is 1.73. The number of hydrogen-bond donors (Lipinski definition) is 1. The first-order chi connectivity index (χ1) is 9.40. The van der Waals surface area contributed by atoms with Crippen LogP contribution in [0.2, 0.25) is 0 Å². The van der Waals surface area contributed by atoms with Gasteiger partial charge in [-0.3, -0.25) is 0 Å². The Morgan fingerprint density at radius 1 is 1.32 bits per heavy atom. The lowest BCUT2D eigenvalue weighted by atomic mass is 9.79. The molecule has 3 aliphatic rings. The predicted octanol–water partition coefficient (Wildman–Crippen LogP) is 3.05. The van der Waals surface area contributed by atoms with Crippen molar-refractivity contribution >= 4 is 27.2 Å². The van der Waals surface area contributed by atoms with Crippen LogP contribution in [-0.2, 0) is 0 Å². The number of piperidine rings is 3. The van der Waals surface area contributed by atoms with E-state index in [1.54, 1.807) is 11.3 Å². The molecule has 2 bridgehead atoms. The highest BCUT2D eigenvalue weighted by Gasteiger charge is 2.33. The highest BCUT2D eigenvalue weighted by atomic mass is 32.1. The Labute approximate surface area is 117 Å². The molecule has 0 aliphatic carbocycles. The second-order valence-corrected chi connectivity index (χ2v) is 6.64. The lowest BCUT2D eigenvalue weighted by molar-refractivity contribution is 0.0574. The fourth-order valence-electron chi connectivity index (χ4n) is 3.59. The van der Waals surface area contributed by atoms with Crippen molar-refractivity contribution in [1.29, 1.82) is 0 Å². The van der Waals surface area contributed by atoms with Crippen molar-refractivity contribution in [2.45, 2.75) is 12.8 Å². The molecule has 3 aliphatic heterocycles. The average molecular weight is 273 g/mol. The maximum absolute atomic E-state index is 4.38. The molecule has 3 saturated heterocycles. The third-order valence-corrected chi connectivity index (χ3v) is 5.58. The fourth-order valence-corrected chi connectivity index (χ4v) is 4.37. The van der Waals surface area contributed by atoms with Crippen LogP contribution in [0, 0.1) is 11.8 Å². The Kier molecular flexibility index (Phi) is 2.93. The molecule has 0 saturated carbocycles. The first-order valence-electron chi connectivity index (χ1n) is 7.18.